The second kappa shape index (κ2) is 2.91. The van der Waals surface area contributed by atoms with Crippen LogP contribution in [0.5, 0.6) is 0 Å². The first-order valence-corrected chi connectivity index (χ1v) is 7.86. The van der Waals surface area contributed by atoms with Gasteiger partial charge in [-0.15, -0.1) is 0 Å². The van der Waals surface area contributed by atoms with Gasteiger partial charge in [-0.3, -0.25) is 0 Å². The first kappa shape index (κ1) is 9.39. The first-order chi connectivity index (χ1) is 5.56. The second-order valence-electron chi connectivity index (χ2n) is 3.78. The van der Waals surface area contributed by atoms with Gasteiger partial charge in [-0.05, 0) is 0 Å². The van der Waals surface area contributed by atoms with Gasteiger partial charge in [-0.1, -0.05) is 0 Å². The normalized spacial score (nSPS) is 46.9. The van der Waals surface area contributed by atoms with E-state index >= 15 is 0 Å². The third-order valence-electron chi connectivity index (χ3n) is 2.76. The van der Waals surface area contributed by atoms with E-state index in [0.29, 0.717) is 5.92 Å². The Hall–Kier alpha value is 0.829. The molecule has 0 aromatic heterocycles. The van der Waals surface area contributed by atoms with E-state index in [2.05, 4.69) is 28.9 Å². The summed E-state index contributed by atoms with van der Waals surface area (Å²) in [4.78, 5) is 0. The van der Waals surface area contributed by atoms with Crippen molar-refractivity contribution >= 4 is 21.3 Å². The fourth-order valence-electron chi connectivity index (χ4n) is 1.36. The molecule has 3 heterocycles. The molecular weight excluding hydrogens is 242 g/mol. The van der Waals surface area contributed by atoms with Crippen LogP contribution in [0.15, 0.2) is 0 Å². The predicted molar refractivity (Wildman–Crippen MR) is 47.8 cm³/mol. The van der Waals surface area contributed by atoms with E-state index in [1.807, 2.05) is 0 Å². The number of hydrogen-bond donors (Lipinski definition) is 0. The summed E-state index contributed by atoms with van der Waals surface area (Å²) >= 11 is 2.88. The Morgan fingerprint density at radius 1 is 1.17 bits per heavy atom. The fourth-order valence-corrected chi connectivity index (χ4v) is 3.82. The first-order valence-electron chi connectivity index (χ1n) is 4.10. The minimum atomic E-state index is -1.99. The molecule has 3 saturated heterocycles. The molecule has 0 N–H and O–H groups in total. The van der Waals surface area contributed by atoms with Gasteiger partial charge in [0.1, 0.15) is 0 Å². The SMILES string of the molecule is CC(C)C12COP(=[Se])(OC1)OC2. The third kappa shape index (κ3) is 1.35. The summed E-state index contributed by atoms with van der Waals surface area (Å²) in [5.41, 5.74) is 0.103. The molecule has 0 atom stereocenters. The van der Waals surface area contributed by atoms with Gasteiger partial charge >= 0.3 is 79.9 Å². The maximum atomic E-state index is 5.54. The Kier molecular flexibility index (Phi) is 2.28. The van der Waals surface area contributed by atoms with Gasteiger partial charge in [0.2, 0.25) is 0 Å². The van der Waals surface area contributed by atoms with Crippen molar-refractivity contribution < 1.29 is 13.6 Å². The average Bonchev–Trinajstić information content (AvgIpc) is 2.06. The summed E-state index contributed by atoms with van der Waals surface area (Å²) in [7, 11) is 0. The molecule has 0 spiro atoms. The van der Waals surface area contributed by atoms with Crippen molar-refractivity contribution in [3.63, 3.8) is 0 Å². The van der Waals surface area contributed by atoms with Crippen molar-refractivity contribution in [2.24, 2.45) is 11.3 Å². The van der Waals surface area contributed by atoms with Crippen LogP contribution in [0.3, 0.4) is 0 Å². The minimum absolute atomic E-state index is 0.103. The van der Waals surface area contributed by atoms with E-state index in [1.165, 1.54) is 0 Å². The van der Waals surface area contributed by atoms with Crippen molar-refractivity contribution in [1.82, 2.24) is 0 Å². The topological polar surface area (TPSA) is 27.7 Å². The molecule has 0 aromatic rings. The molecular formula is C7H13O3PSe. The van der Waals surface area contributed by atoms with Gasteiger partial charge in [0.25, 0.3) is 0 Å². The zero-order valence-electron chi connectivity index (χ0n) is 7.28. The summed E-state index contributed by atoms with van der Waals surface area (Å²) in [6.07, 6.45) is -1.99. The Morgan fingerprint density at radius 2 is 1.58 bits per heavy atom. The van der Waals surface area contributed by atoms with E-state index in [1.54, 1.807) is 0 Å². The predicted octanol–water partition coefficient (Wildman–Crippen LogP) is 1.55. The van der Waals surface area contributed by atoms with Crippen LogP contribution < -0.4 is 0 Å². The summed E-state index contributed by atoms with van der Waals surface area (Å²) in [5, 5.41) is 0. The molecule has 2 bridgehead atoms. The molecule has 3 aliphatic rings. The number of fused-ring (bicyclic) bond motifs is 3. The van der Waals surface area contributed by atoms with Crippen LogP contribution in [0, 0.1) is 11.3 Å². The molecule has 0 radical (unpaired) electrons. The van der Waals surface area contributed by atoms with Gasteiger partial charge in [0.15, 0.2) is 0 Å². The molecule has 0 unspecified atom stereocenters. The van der Waals surface area contributed by atoms with Crippen LogP contribution in [-0.4, -0.2) is 34.9 Å². The molecule has 12 heavy (non-hydrogen) atoms. The number of rotatable bonds is 1. The summed E-state index contributed by atoms with van der Waals surface area (Å²) in [5.74, 6) is 0.548. The average molecular weight is 255 g/mol. The zero-order valence-corrected chi connectivity index (χ0v) is 9.89. The van der Waals surface area contributed by atoms with E-state index in [-0.39, 0.29) is 5.41 Å². The van der Waals surface area contributed by atoms with E-state index in [0.717, 1.165) is 19.8 Å². The summed E-state index contributed by atoms with van der Waals surface area (Å²) in [6, 6.07) is 0. The molecule has 70 valence electrons. The molecule has 0 aliphatic carbocycles. The monoisotopic (exact) mass is 256 g/mol. The second-order valence-corrected chi connectivity index (χ2v) is 8.27. The third-order valence-corrected chi connectivity index (χ3v) is 6.08. The summed E-state index contributed by atoms with van der Waals surface area (Å²) in [6.45, 7) is 6.72. The van der Waals surface area contributed by atoms with Gasteiger partial charge < -0.3 is 0 Å². The van der Waals surface area contributed by atoms with Crippen LogP contribution in [0.4, 0.5) is 0 Å². The molecule has 3 aliphatic heterocycles. The molecule has 3 rings (SSSR count). The van der Waals surface area contributed by atoms with Crippen molar-refractivity contribution in [2.45, 2.75) is 13.8 Å². The van der Waals surface area contributed by atoms with Crippen LogP contribution >= 0.6 is 6.19 Å². The van der Waals surface area contributed by atoms with Gasteiger partial charge in [-0.2, -0.15) is 0 Å². The quantitative estimate of drug-likeness (QED) is 0.525. The molecule has 0 aromatic carbocycles. The zero-order chi connectivity index (χ0) is 8.82. The van der Waals surface area contributed by atoms with Crippen molar-refractivity contribution in [1.29, 1.82) is 0 Å². The van der Waals surface area contributed by atoms with Crippen LogP contribution in [0.1, 0.15) is 13.8 Å². The Bertz CT molecular complexity index is 210. The Morgan fingerprint density at radius 3 is 1.92 bits per heavy atom. The van der Waals surface area contributed by atoms with E-state index in [9.17, 15) is 0 Å². The Balaban J connectivity index is 2.20. The number of hydrogen-bond acceptors (Lipinski definition) is 3. The summed E-state index contributed by atoms with van der Waals surface area (Å²) < 4.78 is 16.6. The Labute approximate surface area is 80.2 Å². The van der Waals surface area contributed by atoms with Crippen molar-refractivity contribution in [3.8, 4) is 0 Å². The van der Waals surface area contributed by atoms with Gasteiger partial charge in [0, 0.05) is 0 Å². The molecule has 0 saturated carbocycles. The van der Waals surface area contributed by atoms with E-state index < -0.39 is 6.19 Å². The van der Waals surface area contributed by atoms with Gasteiger partial charge in [0.05, 0.1) is 0 Å². The molecule has 3 fully saturated rings. The van der Waals surface area contributed by atoms with Crippen LogP contribution in [0.25, 0.3) is 0 Å². The molecule has 0 amide bonds. The van der Waals surface area contributed by atoms with Crippen LogP contribution in [0.2, 0.25) is 0 Å². The standard InChI is InChI=1S/C7H13O3PSe/c1-6(2)7-3-8-11(12,9-4-7)10-5-7/h6H,3-5H2,1-2H3. The van der Waals surface area contributed by atoms with E-state index in [4.69, 9.17) is 13.6 Å². The van der Waals surface area contributed by atoms with Crippen molar-refractivity contribution in [3.05, 3.63) is 0 Å². The molecule has 3 nitrogen and oxygen atoms in total. The van der Waals surface area contributed by atoms with Crippen molar-refractivity contribution in [2.75, 3.05) is 19.8 Å². The molecule has 5 heteroatoms. The fraction of sp³-hybridized carbons (Fsp3) is 1.00. The van der Waals surface area contributed by atoms with Gasteiger partial charge in [-0.25, -0.2) is 0 Å². The maximum absolute atomic E-state index is 5.54. The van der Waals surface area contributed by atoms with Crippen LogP contribution in [-0.2, 0) is 13.6 Å².